The van der Waals surface area contributed by atoms with Gasteiger partial charge in [0.05, 0.1) is 18.3 Å². The van der Waals surface area contributed by atoms with Crippen LogP contribution in [-0.2, 0) is 7.05 Å². The van der Waals surface area contributed by atoms with Gasteiger partial charge in [-0.25, -0.2) is 4.79 Å². The van der Waals surface area contributed by atoms with Crippen LogP contribution in [0.1, 0.15) is 29.9 Å². The number of para-hydroxylation sites is 2. The van der Waals surface area contributed by atoms with E-state index in [0.29, 0.717) is 18.9 Å². The molecule has 3 rings (SSSR count). The number of hydrogen-bond donors (Lipinski definition) is 2. The number of benzene rings is 1. The van der Waals surface area contributed by atoms with Crippen LogP contribution in [0.15, 0.2) is 24.3 Å². The molecule has 0 radical (unpaired) electrons. The van der Waals surface area contributed by atoms with Gasteiger partial charge in [0.25, 0.3) is 0 Å². The Morgan fingerprint density at radius 2 is 2.08 bits per heavy atom. The number of fused-ring (bicyclic) bond motifs is 1. The Bertz CT molecular complexity index is 772. The first-order valence-corrected chi connectivity index (χ1v) is 8.38. The molecule has 134 valence electrons. The normalized spacial score (nSPS) is 17.0. The maximum absolute atomic E-state index is 12.2. The summed E-state index contributed by atoms with van der Waals surface area (Å²) in [6.45, 7) is 6.68. The van der Waals surface area contributed by atoms with Crippen LogP contribution in [0.2, 0.25) is 0 Å². The van der Waals surface area contributed by atoms with Crippen LogP contribution in [0.5, 0.6) is 11.5 Å². The Morgan fingerprint density at radius 3 is 2.76 bits per heavy atom. The first-order valence-electron chi connectivity index (χ1n) is 8.38. The number of carbonyl (C=O) groups excluding carboxylic acids is 1. The molecule has 2 unspecified atom stereocenters. The maximum Gasteiger partial charge on any atom is 0.315 e. The predicted molar refractivity (Wildman–Crippen MR) is 94.0 cm³/mol. The minimum absolute atomic E-state index is 0.127. The van der Waals surface area contributed by atoms with Crippen LogP contribution in [0.25, 0.3) is 0 Å². The van der Waals surface area contributed by atoms with Crippen molar-refractivity contribution < 1.29 is 14.3 Å². The molecule has 0 saturated heterocycles. The molecule has 1 aliphatic heterocycles. The third-order valence-corrected chi connectivity index (χ3v) is 4.40. The lowest BCUT2D eigenvalue weighted by molar-refractivity contribution is 0.0917. The summed E-state index contributed by atoms with van der Waals surface area (Å²) in [7, 11) is 1.90. The summed E-state index contributed by atoms with van der Waals surface area (Å²) in [6, 6.07) is 7.16. The third kappa shape index (κ3) is 3.70. The average molecular weight is 344 g/mol. The van der Waals surface area contributed by atoms with Crippen molar-refractivity contribution >= 4 is 6.03 Å². The van der Waals surface area contributed by atoms with Crippen LogP contribution in [-0.4, -0.2) is 35.1 Å². The lowest BCUT2D eigenvalue weighted by Gasteiger charge is -2.26. The number of urea groups is 1. The van der Waals surface area contributed by atoms with Gasteiger partial charge in [0.1, 0.15) is 6.61 Å². The minimum Gasteiger partial charge on any atom is -0.486 e. The minimum atomic E-state index is -0.238. The molecule has 1 aromatic heterocycles. The van der Waals surface area contributed by atoms with Crippen LogP contribution >= 0.6 is 0 Å². The van der Waals surface area contributed by atoms with Gasteiger partial charge >= 0.3 is 6.03 Å². The summed E-state index contributed by atoms with van der Waals surface area (Å²) < 4.78 is 13.3. The molecule has 2 N–H and O–H groups in total. The fourth-order valence-electron chi connectivity index (χ4n) is 3.11. The quantitative estimate of drug-likeness (QED) is 0.892. The topological polar surface area (TPSA) is 77.4 Å². The fourth-order valence-corrected chi connectivity index (χ4v) is 3.11. The lowest BCUT2D eigenvalue weighted by atomic mass is 10.1. The zero-order valence-electron chi connectivity index (χ0n) is 15.0. The highest BCUT2D eigenvalue weighted by Gasteiger charge is 2.22. The summed E-state index contributed by atoms with van der Waals surface area (Å²) in [6.07, 6.45) is -0.210. The fraction of sp³-hybridized carbons (Fsp3) is 0.444. The molecule has 0 bridgehead atoms. The van der Waals surface area contributed by atoms with E-state index in [1.165, 1.54) is 0 Å². The summed E-state index contributed by atoms with van der Waals surface area (Å²) in [5.74, 6) is 1.44. The highest BCUT2D eigenvalue weighted by molar-refractivity contribution is 5.74. The molecule has 7 heteroatoms. The molecule has 0 fully saturated rings. The van der Waals surface area contributed by atoms with Crippen molar-refractivity contribution in [3.63, 3.8) is 0 Å². The molecule has 2 atom stereocenters. The monoisotopic (exact) mass is 344 g/mol. The number of aryl methyl sites for hydroxylation is 2. The van der Waals surface area contributed by atoms with Crippen LogP contribution in [0.4, 0.5) is 4.79 Å². The van der Waals surface area contributed by atoms with Crippen molar-refractivity contribution in [2.24, 2.45) is 7.05 Å². The van der Waals surface area contributed by atoms with Crippen molar-refractivity contribution in [2.45, 2.75) is 32.9 Å². The Kier molecular flexibility index (Phi) is 4.83. The van der Waals surface area contributed by atoms with E-state index in [1.54, 1.807) is 0 Å². The number of hydrogen-bond acceptors (Lipinski definition) is 4. The Morgan fingerprint density at radius 1 is 1.36 bits per heavy atom. The summed E-state index contributed by atoms with van der Waals surface area (Å²) in [5.41, 5.74) is 3.02. The van der Waals surface area contributed by atoms with Gasteiger partial charge in [-0.1, -0.05) is 12.1 Å². The van der Waals surface area contributed by atoms with Crippen LogP contribution in [0, 0.1) is 13.8 Å². The maximum atomic E-state index is 12.2. The van der Waals surface area contributed by atoms with Gasteiger partial charge in [-0.05, 0) is 32.9 Å². The van der Waals surface area contributed by atoms with E-state index in [9.17, 15) is 4.79 Å². The van der Waals surface area contributed by atoms with Gasteiger partial charge in [-0.15, -0.1) is 0 Å². The smallest absolute Gasteiger partial charge is 0.315 e. The standard InChI is InChI=1S/C18H24N4O3/c1-11(17-12(2)21-22(4)13(17)3)20-18(23)19-9-14-10-24-15-7-5-6-8-16(15)25-14/h5-8,11,14H,9-10H2,1-4H3,(H2,19,20,23). The number of amides is 2. The van der Waals surface area contributed by atoms with Gasteiger partial charge in [0, 0.05) is 18.3 Å². The Labute approximate surface area is 147 Å². The van der Waals surface area contributed by atoms with Gasteiger partial charge in [-0.2, -0.15) is 5.10 Å². The van der Waals surface area contributed by atoms with E-state index in [-0.39, 0.29) is 18.2 Å². The predicted octanol–water partition coefficient (Wildman–Crippen LogP) is 2.24. The molecule has 0 spiro atoms. The van der Waals surface area contributed by atoms with Crippen molar-refractivity contribution in [1.82, 2.24) is 20.4 Å². The zero-order chi connectivity index (χ0) is 18.0. The number of aromatic nitrogens is 2. The van der Waals surface area contributed by atoms with E-state index in [4.69, 9.17) is 9.47 Å². The van der Waals surface area contributed by atoms with Crippen LogP contribution in [0.3, 0.4) is 0 Å². The molecule has 0 saturated carbocycles. The second kappa shape index (κ2) is 7.04. The average Bonchev–Trinajstić information content (AvgIpc) is 2.85. The molecule has 25 heavy (non-hydrogen) atoms. The van der Waals surface area contributed by atoms with E-state index >= 15 is 0 Å². The van der Waals surface area contributed by atoms with E-state index in [2.05, 4.69) is 15.7 Å². The van der Waals surface area contributed by atoms with Crippen molar-refractivity contribution in [1.29, 1.82) is 0 Å². The molecule has 1 aromatic carbocycles. The van der Waals surface area contributed by atoms with Crippen molar-refractivity contribution in [3.05, 3.63) is 41.2 Å². The lowest BCUT2D eigenvalue weighted by Crippen LogP contribution is -2.45. The van der Waals surface area contributed by atoms with Crippen molar-refractivity contribution in [3.8, 4) is 11.5 Å². The molecular formula is C18H24N4O3. The van der Waals surface area contributed by atoms with Gasteiger partial charge in [-0.3, -0.25) is 4.68 Å². The first-order chi connectivity index (χ1) is 12.0. The number of nitrogens with one attached hydrogen (secondary N) is 2. The Hall–Kier alpha value is -2.70. The zero-order valence-corrected chi connectivity index (χ0v) is 15.0. The molecular weight excluding hydrogens is 320 g/mol. The second-order valence-corrected chi connectivity index (χ2v) is 6.28. The van der Waals surface area contributed by atoms with E-state index in [1.807, 2.05) is 56.8 Å². The molecule has 2 aromatic rings. The molecule has 7 nitrogen and oxygen atoms in total. The molecule has 0 aliphatic carbocycles. The Balaban J connectivity index is 1.52. The van der Waals surface area contributed by atoms with Crippen molar-refractivity contribution in [2.75, 3.05) is 13.2 Å². The largest absolute Gasteiger partial charge is 0.486 e. The van der Waals surface area contributed by atoms with Crippen LogP contribution < -0.4 is 20.1 Å². The summed E-state index contributed by atoms with van der Waals surface area (Å²) >= 11 is 0. The highest BCUT2D eigenvalue weighted by Crippen LogP contribution is 2.30. The number of ether oxygens (including phenoxy) is 2. The highest BCUT2D eigenvalue weighted by atomic mass is 16.6. The number of carbonyl (C=O) groups is 1. The third-order valence-electron chi connectivity index (χ3n) is 4.40. The first kappa shape index (κ1) is 17.1. The number of nitrogens with zero attached hydrogens (tertiary/aromatic N) is 2. The van der Waals surface area contributed by atoms with Gasteiger partial charge in [0.15, 0.2) is 17.6 Å². The van der Waals surface area contributed by atoms with Gasteiger partial charge in [0.2, 0.25) is 0 Å². The van der Waals surface area contributed by atoms with Gasteiger partial charge < -0.3 is 20.1 Å². The van der Waals surface area contributed by atoms with E-state index in [0.717, 1.165) is 22.7 Å². The summed E-state index contributed by atoms with van der Waals surface area (Å²) in [5, 5.41) is 10.2. The molecule has 1 aliphatic rings. The second-order valence-electron chi connectivity index (χ2n) is 6.28. The molecule has 2 amide bonds. The summed E-state index contributed by atoms with van der Waals surface area (Å²) in [4.78, 5) is 12.2. The number of rotatable bonds is 4. The molecule has 2 heterocycles. The van der Waals surface area contributed by atoms with E-state index < -0.39 is 0 Å². The SMILES string of the molecule is Cc1nn(C)c(C)c1C(C)NC(=O)NCC1COc2ccccc2O1.